The molecule has 0 radical (unpaired) electrons. The van der Waals surface area contributed by atoms with E-state index in [1.807, 2.05) is 92.1 Å². The van der Waals surface area contributed by atoms with E-state index in [1.54, 1.807) is 10.9 Å². The third-order valence-electron chi connectivity index (χ3n) is 5.72. The fourth-order valence-electron chi connectivity index (χ4n) is 3.90. The number of hydrogen-bond acceptors (Lipinski definition) is 4. The lowest BCUT2D eigenvalue weighted by Crippen LogP contribution is -2.27. The summed E-state index contributed by atoms with van der Waals surface area (Å²) in [5.74, 6) is -0.106. The number of carbonyl (C=O) groups is 1. The number of nitrogens with one attached hydrogen (secondary N) is 1. The zero-order chi connectivity index (χ0) is 22.6. The minimum absolute atomic E-state index is 0.0900. The predicted octanol–water partition coefficient (Wildman–Crippen LogP) is 5.03. The highest BCUT2D eigenvalue weighted by Crippen LogP contribution is 2.22. The molecule has 6 heteroatoms. The number of rotatable bonds is 6. The van der Waals surface area contributed by atoms with Gasteiger partial charge in [0.05, 0.1) is 18.8 Å². The smallest absolute Gasteiger partial charge is 0.252 e. The Kier molecular flexibility index (Phi) is 5.64. The summed E-state index contributed by atoms with van der Waals surface area (Å²) < 4.78 is 1.76. The van der Waals surface area contributed by atoms with E-state index in [1.165, 1.54) is 0 Å². The van der Waals surface area contributed by atoms with E-state index in [4.69, 9.17) is 0 Å². The van der Waals surface area contributed by atoms with Gasteiger partial charge in [0.25, 0.3) is 5.91 Å². The third kappa shape index (κ3) is 4.50. The second kappa shape index (κ2) is 9.04. The monoisotopic (exact) mass is 433 g/mol. The summed E-state index contributed by atoms with van der Waals surface area (Å²) in [6.45, 7) is 2.44. The van der Waals surface area contributed by atoms with Crippen molar-refractivity contribution in [2.45, 2.75) is 19.5 Å². The number of fused-ring (bicyclic) bond motifs is 1. The van der Waals surface area contributed by atoms with E-state index in [9.17, 15) is 4.79 Å². The average Bonchev–Trinajstić information content (AvgIpc) is 3.33. The minimum Gasteiger partial charge on any atom is -0.346 e. The third-order valence-corrected chi connectivity index (χ3v) is 5.72. The van der Waals surface area contributed by atoms with Crippen LogP contribution in [0.5, 0.6) is 0 Å². The summed E-state index contributed by atoms with van der Waals surface area (Å²) in [7, 11) is 0. The van der Waals surface area contributed by atoms with Crippen LogP contribution in [0.25, 0.3) is 22.0 Å². The number of benzene rings is 3. The van der Waals surface area contributed by atoms with E-state index >= 15 is 0 Å². The molecule has 1 atom stereocenters. The van der Waals surface area contributed by atoms with Crippen molar-refractivity contribution in [2.24, 2.45) is 0 Å². The Morgan fingerprint density at radius 2 is 1.79 bits per heavy atom. The van der Waals surface area contributed by atoms with Crippen molar-refractivity contribution in [1.82, 2.24) is 25.3 Å². The van der Waals surface area contributed by atoms with Gasteiger partial charge >= 0.3 is 0 Å². The first-order chi connectivity index (χ1) is 16.2. The minimum atomic E-state index is -0.106. The highest BCUT2D eigenvalue weighted by molar-refractivity contribution is 5.96. The van der Waals surface area contributed by atoms with Crippen molar-refractivity contribution in [3.05, 3.63) is 114 Å². The molecule has 2 aromatic heterocycles. The molecule has 0 aliphatic rings. The molecule has 0 spiro atoms. The van der Waals surface area contributed by atoms with Crippen molar-refractivity contribution in [1.29, 1.82) is 0 Å². The number of carbonyl (C=O) groups excluding carboxylic acids is 1. The summed E-state index contributed by atoms with van der Waals surface area (Å²) in [4.78, 5) is 17.2. The van der Waals surface area contributed by atoms with Gasteiger partial charge in [0, 0.05) is 28.9 Å². The first-order valence-electron chi connectivity index (χ1n) is 10.9. The maximum absolute atomic E-state index is 13.0. The molecule has 0 unspecified atom stereocenters. The van der Waals surface area contributed by atoms with Crippen molar-refractivity contribution < 1.29 is 4.79 Å². The molecule has 0 aliphatic heterocycles. The van der Waals surface area contributed by atoms with Crippen molar-refractivity contribution in [3.63, 3.8) is 0 Å². The first-order valence-corrected chi connectivity index (χ1v) is 10.9. The van der Waals surface area contributed by atoms with Gasteiger partial charge in [0.2, 0.25) is 0 Å². The van der Waals surface area contributed by atoms with Crippen LogP contribution in [0, 0.1) is 0 Å². The average molecular weight is 434 g/mol. The van der Waals surface area contributed by atoms with Crippen LogP contribution in [0.15, 0.2) is 97.5 Å². The summed E-state index contributed by atoms with van der Waals surface area (Å²) in [6.07, 6.45) is 5.53. The highest BCUT2D eigenvalue weighted by atomic mass is 16.1. The van der Waals surface area contributed by atoms with E-state index in [2.05, 4.69) is 26.7 Å². The Morgan fingerprint density at radius 3 is 2.67 bits per heavy atom. The number of aromatic nitrogens is 4. The molecule has 3 aromatic carbocycles. The summed E-state index contributed by atoms with van der Waals surface area (Å²) in [6, 6.07) is 25.6. The molecule has 0 fully saturated rings. The fraction of sp³-hybridized carbons (Fsp3) is 0.111. The maximum atomic E-state index is 13.0. The molecule has 1 amide bonds. The highest BCUT2D eigenvalue weighted by Gasteiger charge is 2.15. The van der Waals surface area contributed by atoms with Gasteiger partial charge < -0.3 is 5.32 Å². The van der Waals surface area contributed by atoms with Gasteiger partial charge in [0.1, 0.15) is 5.69 Å². The topological polar surface area (TPSA) is 72.7 Å². The second-order valence-corrected chi connectivity index (χ2v) is 8.00. The Balaban J connectivity index is 1.35. The molecular weight excluding hydrogens is 410 g/mol. The molecule has 6 nitrogen and oxygen atoms in total. The number of amides is 1. The normalized spacial score (nSPS) is 11.9. The van der Waals surface area contributed by atoms with Crippen LogP contribution in [-0.2, 0) is 6.54 Å². The van der Waals surface area contributed by atoms with Crippen molar-refractivity contribution in [2.75, 3.05) is 0 Å². The Labute approximate surface area is 191 Å². The molecule has 1 N–H and O–H groups in total. The fourth-order valence-corrected chi connectivity index (χ4v) is 3.90. The molecule has 0 bridgehead atoms. The number of pyridine rings is 1. The van der Waals surface area contributed by atoms with Crippen LogP contribution in [-0.4, -0.2) is 25.9 Å². The van der Waals surface area contributed by atoms with Crippen LogP contribution in [0.2, 0.25) is 0 Å². The molecule has 5 rings (SSSR count). The Bertz CT molecular complexity index is 1410. The lowest BCUT2D eigenvalue weighted by Gasteiger charge is -2.16. The van der Waals surface area contributed by atoms with Crippen LogP contribution in [0.4, 0.5) is 0 Å². The molecule has 2 heterocycles. The molecule has 5 aromatic rings. The molecular formula is C27H23N5O. The van der Waals surface area contributed by atoms with Crippen LogP contribution in [0.1, 0.15) is 34.5 Å². The maximum Gasteiger partial charge on any atom is 0.252 e. The molecule has 0 saturated heterocycles. The van der Waals surface area contributed by atoms with Gasteiger partial charge in [-0.1, -0.05) is 65.9 Å². The van der Waals surface area contributed by atoms with Gasteiger partial charge in [-0.25, -0.2) is 4.68 Å². The van der Waals surface area contributed by atoms with Gasteiger partial charge in [-0.2, -0.15) is 0 Å². The molecule has 162 valence electrons. The molecule has 0 saturated carbocycles. The van der Waals surface area contributed by atoms with Crippen molar-refractivity contribution >= 4 is 16.7 Å². The summed E-state index contributed by atoms with van der Waals surface area (Å²) in [5, 5.41) is 13.9. The van der Waals surface area contributed by atoms with E-state index in [-0.39, 0.29) is 11.9 Å². The van der Waals surface area contributed by atoms with Crippen molar-refractivity contribution in [3.8, 4) is 11.3 Å². The zero-order valence-electron chi connectivity index (χ0n) is 18.2. The lowest BCUT2D eigenvalue weighted by atomic mass is 10.0. The first kappa shape index (κ1) is 20.6. The van der Waals surface area contributed by atoms with E-state index in [0.29, 0.717) is 12.1 Å². The van der Waals surface area contributed by atoms with E-state index < -0.39 is 0 Å². The van der Waals surface area contributed by atoms with Gasteiger partial charge in [-0.15, -0.1) is 5.10 Å². The molecule has 33 heavy (non-hydrogen) atoms. The molecule has 0 aliphatic carbocycles. The van der Waals surface area contributed by atoms with Crippen LogP contribution >= 0.6 is 0 Å². The lowest BCUT2D eigenvalue weighted by molar-refractivity contribution is 0.0938. The zero-order valence-corrected chi connectivity index (χ0v) is 18.2. The number of nitrogens with zero attached hydrogens (tertiary/aromatic N) is 4. The Morgan fingerprint density at radius 1 is 0.970 bits per heavy atom. The standard InChI is InChI=1S/C27H23N5O/c1-19(20-7-3-2-4-8-20)29-27(33)25-10-6-5-9-24(25)17-32-18-26(30-31-32)22-11-12-23-16-28-14-13-21(23)15-22/h2-16,18-19H,17H2,1H3,(H,29,33)/t19-/m0/s1. The van der Waals surface area contributed by atoms with Gasteiger partial charge in [-0.05, 0) is 41.6 Å². The number of hydrogen-bond donors (Lipinski definition) is 1. The quantitative estimate of drug-likeness (QED) is 0.408. The second-order valence-electron chi connectivity index (χ2n) is 8.00. The van der Waals surface area contributed by atoms with Crippen LogP contribution in [0.3, 0.4) is 0 Å². The van der Waals surface area contributed by atoms with E-state index in [0.717, 1.165) is 33.2 Å². The SMILES string of the molecule is C[C@H](NC(=O)c1ccccc1Cn1cc(-c2ccc3cnccc3c2)nn1)c1ccccc1. The largest absolute Gasteiger partial charge is 0.346 e. The van der Waals surface area contributed by atoms with Gasteiger partial charge in [-0.3, -0.25) is 9.78 Å². The summed E-state index contributed by atoms with van der Waals surface area (Å²) >= 11 is 0. The van der Waals surface area contributed by atoms with Gasteiger partial charge in [0.15, 0.2) is 0 Å². The van der Waals surface area contributed by atoms with Crippen LogP contribution < -0.4 is 5.32 Å². The predicted molar refractivity (Wildman–Crippen MR) is 129 cm³/mol. The summed E-state index contributed by atoms with van der Waals surface area (Å²) in [5.41, 5.74) is 4.36. The Hall–Kier alpha value is -4.32.